The van der Waals surface area contributed by atoms with Crippen molar-refractivity contribution < 1.29 is 19.1 Å². The fourth-order valence-corrected chi connectivity index (χ4v) is 2.87. The normalized spacial score (nSPS) is 13.4. The molecule has 5 nitrogen and oxygen atoms in total. The molecule has 0 fully saturated rings. The molecule has 2 N–H and O–H groups in total. The minimum atomic E-state index is -1.81. The number of ether oxygens (including phenoxy) is 1. The maximum Gasteiger partial charge on any atom is 0.407 e. The van der Waals surface area contributed by atoms with Crippen molar-refractivity contribution in [2.24, 2.45) is 0 Å². The Hall–Kier alpha value is -1.37. The number of hydrogen-bond donors (Lipinski definition) is 2. The van der Waals surface area contributed by atoms with Crippen LogP contribution in [0.5, 0.6) is 0 Å². The van der Waals surface area contributed by atoms with E-state index in [4.69, 9.17) is 9.16 Å². The molecule has 0 aromatic heterocycles. The molecule has 0 saturated heterocycles. The number of aliphatic hydroxyl groups is 1. The minimum Gasteiger partial charge on any atom is -0.445 e. The summed E-state index contributed by atoms with van der Waals surface area (Å²) in [6.07, 6.45) is 0.0360. The molecule has 0 bridgehead atoms. The monoisotopic (exact) mass is 353 g/mol. The maximum absolute atomic E-state index is 11.8. The van der Waals surface area contributed by atoms with E-state index in [1.807, 2.05) is 30.3 Å². The fourth-order valence-electron chi connectivity index (χ4n) is 1.81. The number of rotatable bonds is 8. The number of carbonyl (C=O) groups is 1. The lowest BCUT2D eigenvalue weighted by Gasteiger charge is -2.36. The van der Waals surface area contributed by atoms with Gasteiger partial charge in [-0.05, 0) is 30.1 Å². The molecular formula is C18H31NO4Si. The predicted molar refractivity (Wildman–Crippen MR) is 98.4 cm³/mol. The highest BCUT2D eigenvalue weighted by Crippen LogP contribution is 2.36. The van der Waals surface area contributed by atoms with Gasteiger partial charge in [0.2, 0.25) is 0 Å². The van der Waals surface area contributed by atoms with Gasteiger partial charge in [-0.25, -0.2) is 4.79 Å². The first kappa shape index (κ1) is 20.7. The van der Waals surface area contributed by atoms with Crippen molar-refractivity contribution in [3.8, 4) is 0 Å². The highest BCUT2D eigenvalue weighted by atomic mass is 28.4. The van der Waals surface area contributed by atoms with E-state index in [9.17, 15) is 9.90 Å². The van der Waals surface area contributed by atoms with Gasteiger partial charge in [0.1, 0.15) is 6.61 Å². The van der Waals surface area contributed by atoms with E-state index in [2.05, 4.69) is 39.2 Å². The summed E-state index contributed by atoms with van der Waals surface area (Å²) in [5, 5.41) is 12.3. The van der Waals surface area contributed by atoms with Crippen molar-refractivity contribution in [1.82, 2.24) is 5.32 Å². The van der Waals surface area contributed by atoms with Crippen molar-refractivity contribution in [2.45, 2.75) is 58.0 Å². The zero-order chi connectivity index (χ0) is 18.2. The lowest BCUT2D eigenvalue weighted by molar-refractivity contribution is 0.125. The molecule has 136 valence electrons. The number of nitrogens with one attached hydrogen (secondary N) is 1. The van der Waals surface area contributed by atoms with Gasteiger partial charge in [0.15, 0.2) is 8.32 Å². The second kappa shape index (κ2) is 9.20. The van der Waals surface area contributed by atoms with E-state index < -0.39 is 14.4 Å². The van der Waals surface area contributed by atoms with Crippen LogP contribution in [0.25, 0.3) is 0 Å². The molecule has 1 amide bonds. The molecule has 1 atom stereocenters. The first-order valence-electron chi connectivity index (χ1n) is 8.38. The zero-order valence-corrected chi connectivity index (χ0v) is 16.5. The second-order valence-electron chi connectivity index (χ2n) is 7.48. The van der Waals surface area contributed by atoms with Crippen LogP contribution in [-0.2, 0) is 15.8 Å². The van der Waals surface area contributed by atoms with Crippen LogP contribution in [0, 0.1) is 0 Å². The van der Waals surface area contributed by atoms with Gasteiger partial charge < -0.3 is 19.6 Å². The molecule has 0 saturated carbocycles. The molecule has 1 aromatic carbocycles. The van der Waals surface area contributed by atoms with E-state index >= 15 is 0 Å². The van der Waals surface area contributed by atoms with Gasteiger partial charge in [0.05, 0.1) is 12.6 Å². The van der Waals surface area contributed by atoms with E-state index in [1.54, 1.807) is 0 Å². The van der Waals surface area contributed by atoms with Gasteiger partial charge in [-0.1, -0.05) is 51.1 Å². The van der Waals surface area contributed by atoms with Crippen molar-refractivity contribution >= 4 is 14.4 Å². The van der Waals surface area contributed by atoms with Crippen LogP contribution < -0.4 is 5.32 Å². The Morgan fingerprint density at radius 3 is 2.42 bits per heavy atom. The van der Waals surface area contributed by atoms with Crippen LogP contribution in [0.3, 0.4) is 0 Å². The van der Waals surface area contributed by atoms with E-state index in [-0.39, 0.29) is 24.3 Å². The highest BCUT2D eigenvalue weighted by molar-refractivity contribution is 6.74. The molecule has 0 aliphatic rings. The van der Waals surface area contributed by atoms with Gasteiger partial charge in [-0.15, -0.1) is 0 Å². The van der Waals surface area contributed by atoms with Gasteiger partial charge in [0.25, 0.3) is 0 Å². The summed E-state index contributed by atoms with van der Waals surface area (Å²) in [6, 6.07) is 9.12. The molecule has 0 spiro atoms. The standard InChI is InChI=1S/C18H31NO4Si/c1-18(2,3)24(4,5)23-12-11-16(13-20)19-17(21)22-14-15-9-7-6-8-10-15/h6-10,16,20H,11-14H2,1-5H3,(H,19,21)/t16-/m0/s1. The van der Waals surface area contributed by atoms with E-state index in [0.29, 0.717) is 13.0 Å². The van der Waals surface area contributed by atoms with Crippen LogP contribution in [0.4, 0.5) is 4.79 Å². The zero-order valence-electron chi connectivity index (χ0n) is 15.5. The summed E-state index contributed by atoms with van der Waals surface area (Å²) in [5.41, 5.74) is 0.925. The van der Waals surface area contributed by atoms with Gasteiger partial charge in [-0.3, -0.25) is 0 Å². The SMILES string of the molecule is CC(C)(C)[Si](C)(C)OCC[C@@H](CO)NC(=O)OCc1ccccc1. The van der Waals surface area contributed by atoms with Crippen molar-refractivity contribution in [2.75, 3.05) is 13.2 Å². The number of amides is 1. The molecule has 6 heteroatoms. The maximum atomic E-state index is 11.8. The first-order chi connectivity index (χ1) is 11.2. The Kier molecular flexibility index (Phi) is 7.92. The molecule has 1 aromatic rings. The Morgan fingerprint density at radius 2 is 1.88 bits per heavy atom. The third kappa shape index (κ3) is 7.03. The average Bonchev–Trinajstić information content (AvgIpc) is 2.51. The lowest BCUT2D eigenvalue weighted by Crippen LogP contribution is -2.43. The number of carbonyl (C=O) groups excluding carboxylic acids is 1. The molecule has 0 aliphatic heterocycles. The Balaban J connectivity index is 2.35. The van der Waals surface area contributed by atoms with Gasteiger partial charge in [0, 0.05) is 6.61 Å². The van der Waals surface area contributed by atoms with Crippen molar-refractivity contribution in [1.29, 1.82) is 0 Å². The smallest absolute Gasteiger partial charge is 0.407 e. The summed E-state index contributed by atoms with van der Waals surface area (Å²) >= 11 is 0. The van der Waals surface area contributed by atoms with Crippen molar-refractivity contribution in [3.63, 3.8) is 0 Å². The fraction of sp³-hybridized carbons (Fsp3) is 0.611. The molecule has 0 aliphatic carbocycles. The number of alkyl carbamates (subject to hydrolysis) is 1. The lowest BCUT2D eigenvalue weighted by atomic mass is 10.2. The number of aliphatic hydroxyl groups excluding tert-OH is 1. The Bertz CT molecular complexity index is 499. The number of hydrogen-bond acceptors (Lipinski definition) is 4. The first-order valence-corrected chi connectivity index (χ1v) is 11.3. The molecule has 24 heavy (non-hydrogen) atoms. The van der Waals surface area contributed by atoms with Crippen LogP contribution in [0.15, 0.2) is 30.3 Å². The minimum absolute atomic E-state index is 0.138. The van der Waals surface area contributed by atoms with Gasteiger partial charge >= 0.3 is 6.09 Å². The number of benzene rings is 1. The molecule has 0 unspecified atom stereocenters. The molecular weight excluding hydrogens is 322 g/mol. The molecule has 0 radical (unpaired) electrons. The van der Waals surface area contributed by atoms with Gasteiger partial charge in [-0.2, -0.15) is 0 Å². The van der Waals surface area contributed by atoms with E-state index in [0.717, 1.165) is 5.56 Å². The molecule has 0 heterocycles. The largest absolute Gasteiger partial charge is 0.445 e. The van der Waals surface area contributed by atoms with Crippen LogP contribution in [-0.4, -0.2) is 38.8 Å². The average molecular weight is 354 g/mol. The second-order valence-corrected chi connectivity index (χ2v) is 12.3. The summed E-state index contributed by atoms with van der Waals surface area (Å²) in [7, 11) is -1.81. The van der Waals surface area contributed by atoms with Crippen LogP contribution >= 0.6 is 0 Å². The summed E-state index contributed by atoms with van der Waals surface area (Å²) in [6.45, 7) is 11.5. The predicted octanol–water partition coefficient (Wildman–Crippen LogP) is 3.69. The third-order valence-electron chi connectivity index (χ3n) is 4.49. The third-order valence-corrected chi connectivity index (χ3v) is 9.03. The topological polar surface area (TPSA) is 67.8 Å². The summed E-state index contributed by atoms with van der Waals surface area (Å²) < 4.78 is 11.2. The highest BCUT2D eigenvalue weighted by Gasteiger charge is 2.37. The van der Waals surface area contributed by atoms with Crippen molar-refractivity contribution in [3.05, 3.63) is 35.9 Å². The Morgan fingerprint density at radius 1 is 1.25 bits per heavy atom. The summed E-state index contributed by atoms with van der Waals surface area (Å²) in [4.78, 5) is 11.8. The quantitative estimate of drug-likeness (QED) is 0.700. The Labute approximate surface area is 146 Å². The molecule has 1 rings (SSSR count). The van der Waals surface area contributed by atoms with Crippen LogP contribution in [0.2, 0.25) is 18.1 Å². The summed E-state index contributed by atoms with van der Waals surface area (Å²) in [5.74, 6) is 0. The van der Waals surface area contributed by atoms with Crippen LogP contribution in [0.1, 0.15) is 32.8 Å². The van der Waals surface area contributed by atoms with E-state index in [1.165, 1.54) is 0 Å².